The second-order valence-corrected chi connectivity index (χ2v) is 5.23. The van der Waals surface area contributed by atoms with Crippen molar-refractivity contribution in [3.8, 4) is 0 Å². The zero-order chi connectivity index (χ0) is 14.5. The fourth-order valence-electron chi connectivity index (χ4n) is 2.03. The molecule has 2 N–H and O–H groups in total. The number of hydrogen-bond acceptors (Lipinski definition) is 2. The monoisotopic (exact) mass is 273 g/mol. The number of aliphatic hydroxyl groups excluding tert-OH is 1. The average molecular weight is 273 g/mol. The molecule has 0 amide bonds. The quantitative estimate of drug-likeness (QED) is 0.859. The Hall–Kier alpha value is -1.87. The van der Waals surface area contributed by atoms with E-state index in [9.17, 15) is 9.50 Å². The van der Waals surface area contributed by atoms with E-state index in [-0.39, 0.29) is 5.82 Å². The van der Waals surface area contributed by atoms with E-state index in [0.717, 1.165) is 5.69 Å². The topological polar surface area (TPSA) is 32.3 Å². The van der Waals surface area contributed by atoms with Crippen molar-refractivity contribution in [2.24, 2.45) is 0 Å². The van der Waals surface area contributed by atoms with Crippen LogP contribution in [0.1, 0.15) is 37.0 Å². The zero-order valence-electron chi connectivity index (χ0n) is 11.8. The van der Waals surface area contributed by atoms with E-state index in [4.69, 9.17) is 0 Å². The first-order valence-corrected chi connectivity index (χ1v) is 6.83. The van der Waals surface area contributed by atoms with Gasteiger partial charge in [0.15, 0.2) is 0 Å². The molecule has 0 aliphatic heterocycles. The predicted molar refractivity (Wildman–Crippen MR) is 80.4 cm³/mol. The van der Waals surface area contributed by atoms with E-state index in [1.807, 2.05) is 12.1 Å². The number of hydrogen-bond donors (Lipinski definition) is 2. The lowest BCUT2D eigenvalue weighted by Gasteiger charge is -2.14. The van der Waals surface area contributed by atoms with Gasteiger partial charge in [-0.3, -0.25) is 0 Å². The van der Waals surface area contributed by atoms with Crippen molar-refractivity contribution in [3.63, 3.8) is 0 Å². The number of benzene rings is 2. The molecule has 2 aromatic rings. The first-order valence-electron chi connectivity index (χ1n) is 6.83. The molecule has 0 heterocycles. The van der Waals surface area contributed by atoms with Crippen LogP contribution in [0.5, 0.6) is 0 Å². The molecule has 2 aromatic carbocycles. The fourth-order valence-corrected chi connectivity index (χ4v) is 2.03. The lowest BCUT2D eigenvalue weighted by Crippen LogP contribution is -2.12. The van der Waals surface area contributed by atoms with Gasteiger partial charge in [0.25, 0.3) is 0 Å². The summed E-state index contributed by atoms with van der Waals surface area (Å²) in [5, 5.41) is 13.3. The van der Waals surface area contributed by atoms with Gasteiger partial charge in [-0.2, -0.15) is 0 Å². The van der Waals surface area contributed by atoms with Crippen LogP contribution in [-0.4, -0.2) is 11.7 Å². The van der Waals surface area contributed by atoms with Gasteiger partial charge in [0.05, 0.1) is 6.10 Å². The van der Waals surface area contributed by atoms with Crippen LogP contribution in [0.2, 0.25) is 0 Å². The summed E-state index contributed by atoms with van der Waals surface area (Å²) >= 11 is 0. The van der Waals surface area contributed by atoms with E-state index >= 15 is 0 Å². The van der Waals surface area contributed by atoms with Crippen molar-refractivity contribution in [1.82, 2.24) is 0 Å². The van der Waals surface area contributed by atoms with Gasteiger partial charge in [-0.25, -0.2) is 4.39 Å². The highest BCUT2D eigenvalue weighted by Gasteiger charge is 2.07. The van der Waals surface area contributed by atoms with E-state index in [1.165, 1.54) is 17.7 Å². The molecule has 0 radical (unpaired) electrons. The number of nitrogens with one attached hydrogen (secondary N) is 1. The molecule has 0 saturated heterocycles. The van der Waals surface area contributed by atoms with Gasteiger partial charge in [-0.15, -0.1) is 0 Å². The third-order valence-electron chi connectivity index (χ3n) is 3.31. The Morgan fingerprint density at radius 3 is 2.40 bits per heavy atom. The van der Waals surface area contributed by atoms with Crippen LogP contribution in [0.15, 0.2) is 48.5 Å². The molecular formula is C17H20FNO. The van der Waals surface area contributed by atoms with Gasteiger partial charge in [0.2, 0.25) is 0 Å². The molecule has 0 bridgehead atoms. The first-order chi connectivity index (χ1) is 9.56. The zero-order valence-corrected chi connectivity index (χ0v) is 11.8. The van der Waals surface area contributed by atoms with Crippen molar-refractivity contribution in [2.75, 3.05) is 11.9 Å². The number of rotatable bonds is 5. The summed E-state index contributed by atoms with van der Waals surface area (Å²) in [6.07, 6.45) is -0.654. The van der Waals surface area contributed by atoms with Crippen LogP contribution in [0, 0.1) is 5.82 Å². The van der Waals surface area contributed by atoms with Crippen molar-refractivity contribution >= 4 is 5.69 Å². The Balaban J connectivity index is 1.97. The molecule has 0 spiro atoms. The minimum atomic E-state index is -0.654. The molecule has 0 aliphatic rings. The number of anilines is 1. The molecule has 0 fully saturated rings. The largest absolute Gasteiger partial charge is 0.387 e. The maximum atomic E-state index is 12.8. The molecule has 3 heteroatoms. The van der Waals surface area contributed by atoms with Crippen LogP contribution in [0.4, 0.5) is 10.1 Å². The summed E-state index contributed by atoms with van der Waals surface area (Å²) in [7, 11) is 0. The molecule has 0 aromatic heterocycles. The maximum absolute atomic E-state index is 12.8. The van der Waals surface area contributed by atoms with E-state index in [2.05, 4.69) is 31.3 Å². The minimum Gasteiger partial charge on any atom is -0.387 e. The molecule has 2 nitrogen and oxygen atoms in total. The Bertz CT molecular complexity index is 551. The van der Waals surface area contributed by atoms with Gasteiger partial charge >= 0.3 is 0 Å². The maximum Gasteiger partial charge on any atom is 0.123 e. The highest BCUT2D eigenvalue weighted by Crippen LogP contribution is 2.20. The van der Waals surface area contributed by atoms with Gasteiger partial charge in [-0.1, -0.05) is 38.1 Å². The number of aliphatic hydroxyl groups is 1. The van der Waals surface area contributed by atoms with Crippen LogP contribution in [-0.2, 0) is 0 Å². The SMILES string of the molecule is CC(C)c1cccc(NCC(O)c2ccc(F)cc2)c1. The minimum absolute atomic E-state index is 0.293. The Morgan fingerprint density at radius 1 is 1.05 bits per heavy atom. The lowest BCUT2D eigenvalue weighted by molar-refractivity contribution is 0.191. The van der Waals surface area contributed by atoms with Crippen LogP contribution >= 0.6 is 0 Å². The summed E-state index contributed by atoms with van der Waals surface area (Å²) in [6, 6.07) is 14.1. The predicted octanol–water partition coefficient (Wildman–Crippen LogP) is 4.09. The van der Waals surface area contributed by atoms with E-state index in [1.54, 1.807) is 12.1 Å². The summed E-state index contributed by atoms with van der Waals surface area (Å²) in [6.45, 7) is 4.69. The smallest absolute Gasteiger partial charge is 0.123 e. The number of halogens is 1. The standard InChI is InChI=1S/C17H20FNO/c1-12(2)14-4-3-5-16(10-14)19-11-17(20)13-6-8-15(18)9-7-13/h3-10,12,17,19-20H,11H2,1-2H3. The van der Waals surface area contributed by atoms with Gasteiger partial charge in [0.1, 0.15) is 5.82 Å². The van der Waals surface area contributed by atoms with Crippen molar-refractivity contribution < 1.29 is 9.50 Å². The second kappa shape index (κ2) is 6.53. The molecule has 20 heavy (non-hydrogen) atoms. The highest BCUT2D eigenvalue weighted by molar-refractivity contribution is 5.46. The summed E-state index contributed by atoms with van der Waals surface area (Å²) in [5.74, 6) is 0.178. The molecule has 2 rings (SSSR count). The van der Waals surface area contributed by atoms with Crippen LogP contribution in [0.25, 0.3) is 0 Å². The van der Waals surface area contributed by atoms with Gasteiger partial charge in [0, 0.05) is 12.2 Å². The molecular weight excluding hydrogens is 253 g/mol. The fraction of sp³-hybridized carbons (Fsp3) is 0.294. The third-order valence-corrected chi connectivity index (χ3v) is 3.31. The normalized spacial score (nSPS) is 12.4. The molecule has 106 valence electrons. The summed E-state index contributed by atoms with van der Waals surface area (Å²) < 4.78 is 12.8. The van der Waals surface area contributed by atoms with Crippen molar-refractivity contribution in [2.45, 2.75) is 25.9 Å². The first kappa shape index (κ1) is 14.5. The Labute approximate surface area is 119 Å². The molecule has 0 aliphatic carbocycles. The summed E-state index contributed by atoms with van der Waals surface area (Å²) in [5.41, 5.74) is 2.95. The van der Waals surface area contributed by atoms with E-state index < -0.39 is 6.10 Å². The molecule has 1 atom stereocenters. The third kappa shape index (κ3) is 3.81. The Kier molecular flexibility index (Phi) is 4.74. The molecule has 0 saturated carbocycles. The Morgan fingerprint density at radius 2 is 1.75 bits per heavy atom. The second-order valence-electron chi connectivity index (χ2n) is 5.23. The van der Waals surface area contributed by atoms with Crippen molar-refractivity contribution in [1.29, 1.82) is 0 Å². The van der Waals surface area contributed by atoms with Crippen molar-refractivity contribution in [3.05, 3.63) is 65.5 Å². The molecule has 1 unspecified atom stereocenters. The van der Waals surface area contributed by atoms with E-state index in [0.29, 0.717) is 18.0 Å². The van der Waals surface area contributed by atoms with Crippen LogP contribution in [0.3, 0.4) is 0 Å². The highest BCUT2D eigenvalue weighted by atomic mass is 19.1. The van der Waals surface area contributed by atoms with Crippen LogP contribution < -0.4 is 5.32 Å². The van der Waals surface area contributed by atoms with Gasteiger partial charge in [-0.05, 0) is 41.3 Å². The lowest BCUT2D eigenvalue weighted by atomic mass is 10.0. The summed E-state index contributed by atoms with van der Waals surface area (Å²) in [4.78, 5) is 0. The average Bonchev–Trinajstić information content (AvgIpc) is 2.46. The van der Waals surface area contributed by atoms with Gasteiger partial charge < -0.3 is 10.4 Å².